The summed E-state index contributed by atoms with van der Waals surface area (Å²) in [4.78, 5) is 11.4. The summed E-state index contributed by atoms with van der Waals surface area (Å²) >= 11 is 5.97. The van der Waals surface area contributed by atoms with Gasteiger partial charge in [-0.25, -0.2) is 4.98 Å². The topological polar surface area (TPSA) is 66.0 Å². The number of hydrazone groups is 1. The number of nitrogens with zero attached hydrogens (tertiary/aromatic N) is 3. The van der Waals surface area contributed by atoms with Crippen LogP contribution in [0.5, 0.6) is 0 Å². The quantitative estimate of drug-likeness (QED) is 0.571. The summed E-state index contributed by atoms with van der Waals surface area (Å²) < 4.78 is 0. The van der Waals surface area contributed by atoms with E-state index in [-0.39, 0.29) is 0 Å². The van der Waals surface area contributed by atoms with Crippen LogP contribution in [0.4, 0.5) is 5.69 Å². The van der Waals surface area contributed by atoms with Gasteiger partial charge in [-0.3, -0.25) is 10.4 Å². The van der Waals surface area contributed by atoms with Crippen LogP contribution in [-0.2, 0) is 0 Å². The van der Waals surface area contributed by atoms with Gasteiger partial charge in [0.1, 0.15) is 5.82 Å². The van der Waals surface area contributed by atoms with E-state index < -0.39 is 0 Å². The molecule has 0 atom stereocenters. The average Bonchev–Trinajstić information content (AvgIpc) is 2.99. The van der Waals surface area contributed by atoms with Gasteiger partial charge in [0.05, 0.1) is 28.8 Å². The van der Waals surface area contributed by atoms with Crippen LogP contribution in [0.2, 0.25) is 5.02 Å². The summed E-state index contributed by atoms with van der Waals surface area (Å²) in [5.74, 6) is 0.805. The van der Waals surface area contributed by atoms with Gasteiger partial charge in [-0.15, -0.1) is 0 Å². The van der Waals surface area contributed by atoms with Crippen LogP contribution >= 0.6 is 11.6 Å². The number of imidazole rings is 1. The molecule has 6 heteroatoms. The molecule has 0 amide bonds. The Hall–Kier alpha value is -2.66. The number of anilines is 1. The molecule has 0 saturated carbocycles. The van der Waals surface area contributed by atoms with Gasteiger partial charge >= 0.3 is 0 Å². The number of hydrogen-bond acceptors (Lipinski definition) is 4. The van der Waals surface area contributed by atoms with Crippen LogP contribution in [-0.4, -0.2) is 21.2 Å². The molecule has 21 heavy (non-hydrogen) atoms. The first-order valence-electron chi connectivity index (χ1n) is 6.32. The van der Waals surface area contributed by atoms with Gasteiger partial charge in [-0.05, 0) is 6.07 Å². The Morgan fingerprint density at radius 3 is 2.81 bits per heavy atom. The van der Waals surface area contributed by atoms with Crippen molar-refractivity contribution in [2.24, 2.45) is 5.10 Å². The highest BCUT2D eigenvalue weighted by molar-refractivity contribution is 6.33. The maximum Gasteiger partial charge on any atom is 0.137 e. The Morgan fingerprint density at radius 1 is 1.14 bits per heavy atom. The van der Waals surface area contributed by atoms with Crippen molar-refractivity contribution in [1.29, 1.82) is 0 Å². The van der Waals surface area contributed by atoms with Crippen LogP contribution in [0.15, 0.2) is 60.1 Å². The highest BCUT2D eigenvalue weighted by atomic mass is 35.5. The molecule has 5 nitrogen and oxygen atoms in total. The molecule has 0 spiro atoms. The summed E-state index contributed by atoms with van der Waals surface area (Å²) in [6, 6.07) is 11.7. The molecule has 2 aromatic heterocycles. The van der Waals surface area contributed by atoms with Crippen molar-refractivity contribution in [2.45, 2.75) is 0 Å². The Kier molecular flexibility index (Phi) is 3.93. The molecule has 2 heterocycles. The van der Waals surface area contributed by atoms with Crippen LogP contribution < -0.4 is 5.43 Å². The lowest BCUT2D eigenvalue weighted by atomic mass is 10.2. The van der Waals surface area contributed by atoms with Crippen LogP contribution in [0.25, 0.3) is 11.4 Å². The molecular weight excluding hydrogens is 286 g/mol. The van der Waals surface area contributed by atoms with E-state index in [4.69, 9.17) is 11.6 Å². The maximum atomic E-state index is 5.97. The van der Waals surface area contributed by atoms with Gasteiger partial charge in [-0.1, -0.05) is 41.9 Å². The normalized spacial score (nSPS) is 10.9. The van der Waals surface area contributed by atoms with Crippen molar-refractivity contribution in [3.63, 3.8) is 0 Å². The van der Waals surface area contributed by atoms with Crippen molar-refractivity contribution in [1.82, 2.24) is 15.0 Å². The smallest absolute Gasteiger partial charge is 0.137 e. The molecule has 0 radical (unpaired) electrons. The lowest BCUT2D eigenvalue weighted by Gasteiger charge is -2.00. The second-order valence-electron chi connectivity index (χ2n) is 4.28. The highest BCUT2D eigenvalue weighted by Crippen LogP contribution is 2.19. The first-order chi connectivity index (χ1) is 10.3. The van der Waals surface area contributed by atoms with Crippen molar-refractivity contribution in [2.75, 3.05) is 5.43 Å². The monoisotopic (exact) mass is 297 g/mol. The Bertz CT molecular complexity index is 752. The predicted octanol–water partition coefficient (Wildman–Crippen LogP) is 3.57. The number of aromatic amines is 1. The standard InChI is InChI=1S/C15H12ClN5/c16-13-10-17-7-6-14(13)21-19-9-12-8-18-15(20-12)11-4-2-1-3-5-11/h1-10H,(H,17,21)(H,18,20)/b19-9+. The third kappa shape index (κ3) is 3.27. The molecular formula is C15H12ClN5. The fourth-order valence-electron chi connectivity index (χ4n) is 1.78. The summed E-state index contributed by atoms with van der Waals surface area (Å²) in [6.07, 6.45) is 6.58. The molecule has 0 aliphatic carbocycles. The number of pyridine rings is 1. The number of H-pyrrole nitrogens is 1. The van der Waals surface area contributed by atoms with E-state index >= 15 is 0 Å². The fourth-order valence-corrected chi connectivity index (χ4v) is 1.94. The van der Waals surface area contributed by atoms with E-state index in [1.54, 1.807) is 30.9 Å². The van der Waals surface area contributed by atoms with Crippen molar-refractivity contribution >= 4 is 23.5 Å². The number of halogens is 1. The minimum absolute atomic E-state index is 0.518. The third-order valence-electron chi connectivity index (χ3n) is 2.80. The predicted molar refractivity (Wildman–Crippen MR) is 84.5 cm³/mol. The largest absolute Gasteiger partial charge is 0.337 e. The van der Waals surface area contributed by atoms with Crippen LogP contribution in [0, 0.1) is 0 Å². The Balaban J connectivity index is 1.70. The van der Waals surface area contributed by atoms with Gasteiger partial charge in [0, 0.05) is 18.0 Å². The van der Waals surface area contributed by atoms with Crippen molar-refractivity contribution < 1.29 is 0 Å². The number of rotatable bonds is 4. The lowest BCUT2D eigenvalue weighted by Crippen LogP contribution is -1.92. The zero-order valence-corrected chi connectivity index (χ0v) is 11.7. The van der Waals surface area contributed by atoms with E-state index in [9.17, 15) is 0 Å². The zero-order valence-electron chi connectivity index (χ0n) is 11.0. The molecule has 0 aliphatic rings. The third-order valence-corrected chi connectivity index (χ3v) is 3.10. The second-order valence-corrected chi connectivity index (χ2v) is 4.69. The summed E-state index contributed by atoms with van der Waals surface area (Å²) in [6.45, 7) is 0. The summed E-state index contributed by atoms with van der Waals surface area (Å²) in [5.41, 5.74) is 5.39. The molecule has 2 N–H and O–H groups in total. The summed E-state index contributed by atoms with van der Waals surface area (Å²) in [7, 11) is 0. The van der Waals surface area contributed by atoms with E-state index in [1.165, 1.54) is 0 Å². The molecule has 0 aliphatic heterocycles. The number of nitrogens with one attached hydrogen (secondary N) is 2. The van der Waals surface area contributed by atoms with Crippen LogP contribution in [0.1, 0.15) is 5.69 Å². The van der Waals surface area contributed by atoms with Crippen LogP contribution in [0.3, 0.4) is 0 Å². The molecule has 0 fully saturated rings. The molecule has 104 valence electrons. The van der Waals surface area contributed by atoms with E-state index in [0.29, 0.717) is 10.7 Å². The van der Waals surface area contributed by atoms with Gasteiger partial charge in [-0.2, -0.15) is 5.10 Å². The molecule has 0 saturated heterocycles. The minimum atomic E-state index is 0.518. The molecule has 0 bridgehead atoms. The number of aromatic nitrogens is 3. The van der Waals surface area contributed by atoms with Crippen molar-refractivity contribution in [3.05, 3.63) is 65.7 Å². The zero-order chi connectivity index (χ0) is 14.5. The van der Waals surface area contributed by atoms with Gasteiger partial charge in [0.2, 0.25) is 0 Å². The highest BCUT2D eigenvalue weighted by Gasteiger charge is 2.01. The summed E-state index contributed by atoms with van der Waals surface area (Å²) in [5, 5.41) is 4.64. The second kappa shape index (κ2) is 6.19. The van der Waals surface area contributed by atoms with E-state index in [1.807, 2.05) is 30.3 Å². The Morgan fingerprint density at radius 2 is 2.00 bits per heavy atom. The van der Waals surface area contributed by atoms with E-state index in [0.717, 1.165) is 17.1 Å². The van der Waals surface area contributed by atoms with Crippen molar-refractivity contribution in [3.8, 4) is 11.4 Å². The molecule has 0 unspecified atom stereocenters. The van der Waals surface area contributed by atoms with Gasteiger partial charge in [0.25, 0.3) is 0 Å². The molecule has 3 aromatic rings. The van der Waals surface area contributed by atoms with Gasteiger partial charge < -0.3 is 4.98 Å². The Labute approximate surface area is 126 Å². The van der Waals surface area contributed by atoms with Gasteiger partial charge in [0.15, 0.2) is 0 Å². The lowest BCUT2D eigenvalue weighted by molar-refractivity contribution is 1.27. The number of benzene rings is 1. The SMILES string of the molecule is Clc1cnccc1N/N=C/c1cnc(-c2ccccc2)[nH]1. The maximum absolute atomic E-state index is 5.97. The van der Waals surface area contributed by atoms with E-state index in [2.05, 4.69) is 25.5 Å². The molecule has 1 aromatic carbocycles. The first-order valence-corrected chi connectivity index (χ1v) is 6.70. The molecule has 3 rings (SSSR count). The fraction of sp³-hybridized carbons (Fsp3) is 0. The first kappa shape index (κ1) is 13.3. The minimum Gasteiger partial charge on any atom is -0.337 e. The number of hydrogen-bond donors (Lipinski definition) is 2. The average molecular weight is 298 g/mol.